The van der Waals surface area contributed by atoms with Gasteiger partial charge in [0.15, 0.2) is 5.69 Å². The molecule has 0 unspecified atom stereocenters. The maximum atomic E-state index is 11.0. The van der Waals surface area contributed by atoms with E-state index in [1.807, 2.05) is 24.3 Å². The van der Waals surface area contributed by atoms with Crippen molar-refractivity contribution in [2.24, 2.45) is 0 Å². The number of hydrogen-bond donors (Lipinski definition) is 1. The number of hydrogen-bond acceptors (Lipinski definition) is 3. The Morgan fingerprint density at radius 3 is 2.68 bits per heavy atom. The first-order valence-electron chi connectivity index (χ1n) is 6.10. The molecule has 2 rings (SSSR count). The Labute approximate surface area is 111 Å². The normalized spacial score (nSPS) is 10.2. The quantitative estimate of drug-likeness (QED) is 0.894. The Morgan fingerprint density at radius 2 is 1.95 bits per heavy atom. The number of carbonyl (C=O) groups is 1. The highest BCUT2D eigenvalue weighted by Gasteiger charge is 2.11. The molecule has 98 valence electrons. The maximum absolute atomic E-state index is 11.0. The van der Waals surface area contributed by atoms with Gasteiger partial charge in [-0.3, -0.25) is 0 Å². The lowest BCUT2D eigenvalue weighted by Crippen LogP contribution is -2.08. The molecule has 0 aliphatic heterocycles. The molecule has 1 aromatic heterocycles. The molecule has 0 amide bonds. The standard InChI is InChI=1S/C15H15NO3/c1-2-11-6-3-4-8-13(11)19-10-12-7-5-9-16-14(12)15(17)18/h3-9H,2,10H2,1H3,(H,17,18). The second kappa shape index (κ2) is 6.00. The third-order valence-electron chi connectivity index (χ3n) is 2.83. The molecule has 0 radical (unpaired) electrons. The molecule has 19 heavy (non-hydrogen) atoms. The molecule has 0 atom stereocenters. The Balaban J connectivity index is 2.17. The van der Waals surface area contributed by atoms with Gasteiger partial charge in [-0.05, 0) is 24.1 Å². The molecular weight excluding hydrogens is 242 g/mol. The molecule has 1 aromatic carbocycles. The van der Waals surface area contributed by atoms with E-state index in [1.165, 1.54) is 6.20 Å². The summed E-state index contributed by atoms with van der Waals surface area (Å²) in [6.45, 7) is 2.25. The van der Waals surface area contributed by atoms with Crippen LogP contribution in [0.5, 0.6) is 5.75 Å². The Morgan fingerprint density at radius 1 is 1.21 bits per heavy atom. The summed E-state index contributed by atoms with van der Waals surface area (Å²) >= 11 is 0. The summed E-state index contributed by atoms with van der Waals surface area (Å²) in [5.74, 6) is -0.256. The molecule has 1 heterocycles. The summed E-state index contributed by atoms with van der Waals surface area (Å²) < 4.78 is 5.70. The van der Waals surface area contributed by atoms with Crippen molar-refractivity contribution in [2.75, 3.05) is 0 Å². The Kier molecular flexibility index (Phi) is 4.13. The van der Waals surface area contributed by atoms with Crippen molar-refractivity contribution in [3.8, 4) is 5.75 Å². The number of nitrogens with zero attached hydrogens (tertiary/aromatic N) is 1. The minimum absolute atomic E-state index is 0.0384. The van der Waals surface area contributed by atoms with Crippen molar-refractivity contribution in [1.29, 1.82) is 0 Å². The fraction of sp³-hybridized carbons (Fsp3) is 0.200. The minimum Gasteiger partial charge on any atom is -0.489 e. The van der Waals surface area contributed by atoms with Crippen LogP contribution in [0, 0.1) is 0 Å². The lowest BCUT2D eigenvalue weighted by Gasteiger charge is -2.11. The SMILES string of the molecule is CCc1ccccc1OCc1cccnc1C(=O)O. The largest absolute Gasteiger partial charge is 0.489 e. The number of rotatable bonds is 5. The van der Waals surface area contributed by atoms with Crippen LogP contribution >= 0.6 is 0 Å². The molecule has 0 bridgehead atoms. The van der Waals surface area contributed by atoms with Gasteiger partial charge in [0.1, 0.15) is 12.4 Å². The zero-order chi connectivity index (χ0) is 13.7. The Bertz CT molecular complexity index is 581. The minimum atomic E-state index is -1.04. The number of ether oxygens (including phenoxy) is 1. The number of para-hydroxylation sites is 1. The van der Waals surface area contributed by atoms with Crippen LogP contribution in [0.25, 0.3) is 0 Å². The molecule has 1 N–H and O–H groups in total. The predicted molar refractivity (Wildman–Crippen MR) is 71.3 cm³/mol. The zero-order valence-corrected chi connectivity index (χ0v) is 10.7. The van der Waals surface area contributed by atoms with E-state index in [4.69, 9.17) is 9.84 Å². The summed E-state index contributed by atoms with van der Waals surface area (Å²) in [6.07, 6.45) is 2.34. The third-order valence-corrected chi connectivity index (χ3v) is 2.83. The van der Waals surface area contributed by atoms with E-state index in [9.17, 15) is 4.79 Å². The van der Waals surface area contributed by atoms with Crippen molar-refractivity contribution in [1.82, 2.24) is 4.98 Å². The van der Waals surface area contributed by atoms with Crippen LogP contribution in [-0.4, -0.2) is 16.1 Å². The second-order valence-corrected chi connectivity index (χ2v) is 4.07. The average Bonchev–Trinajstić information content (AvgIpc) is 2.45. The van der Waals surface area contributed by atoms with Gasteiger partial charge in [0, 0.05) is 11.8 Å². The first-order chi connectivity index (χ1) is 9.22. The van der Waals surface area contributed by atoms with Crippen LogP contribution in [0.15, 0.2) is 42.6 Å². The van der Waals surface area contributed by atoms with Crippen LogP contribution in [0.3, 0.4) is 0 Å². The second-order valence-electron chi connectivity index (χ2n) is 4.07. The van der Waals surface area contributed by atoms with E-state index < -0.39 is 5.97 Å². The molecule has 0 saturated carbocycles. The van der Waals surface area contributed by atoms with Gasteiger partial charge in [-0.1, -0.05) is 31.2 Å². The van der Waals surface area contributed by atoms with E-state index in [1.54, 1.807) is 12.1 Å². The van der Waals surface area contributed by atoms with Gasteiger partial charge in [0.2, 0.25) is 0 Å². The van der Waals surface area contributed by atoms with Crippen LogP contribution in [0.1, 0.15) is 28.5 Å². The van der Waals surface area contributed by atoms with Gasteiger partial charge in [0.25, 0.3) is 0 Å². The molecular formula is C15H15NO3. The number of carboxylic acid groups (broad SMARTS) is 1. The average molecular weight is 257 g/mol. The van der Waals surface area contributed by atoms with Gasteiger partial charge >= 0.3 is 5.97 Å². The van der Waals surface area contributed by atoms with E-state index in [0.717, 1.165) is 17.7 Å². The maximum Gasteiger partial charge on any atom is 0.354 e. The van der Waals surface area contributed by atoms with Gasteiger partial charge in [0.05, 0.1) is 0 Å². The summed E-state index contributed by atoms with van der Waals surface area (Å²) in [5.41, 5.74) is 1.71. The molecule has 0 spiro atoms. The highest BCUT2D eigenvalue weighted by atomic mass is 16.5. The third kappa shape index (κ3) is 3.10. The molecule has 4 nitrogen and oxygen atoms in total. The summed E-state index contributed by atoms with van der Waals surface area (Å²) in [6, 6.07) is 11.2. The topological polar surface area (TPSA) is 59.4 Å². The molecule has 0 fully saturated rings. The van der Waals surface area contributed by atoms with Crippen molar-refractivity contribution in [2.45, 2.75) is 20.0 Å². The van der Waals surface area contributed by atoms with E-state index >= 15 is 0 Å². The highest BCUT2D eigenvalue weighted by Crippen LogP contribution is 2.20. The highest BCUT2D eigenvalue weighted by molar-refractivity contribution is 5.86. The lowest BCUT2D eigenvalue weighted by atomic mass is 10.1. The van der Waals surface area contributed by atoms with Gasteiger partial charge in [-0.25, -0.2) is 9.78 Å². The number of aryl methyl sites for hydroxylation is 1. The first kappa shape index (κ1) is 13.1. The number of aromatic nitrogens is 1. The van der Waals surface area contributed by atoms with Crippen molar-refractivity contribution in [3.63, 3.8) is 0 Å². The van der Waals surface area contributed by atoms with E-state index in [2.05, 4.69) is 11.9 Å². The van der Waals surface area contributed by atoms with Gasteiger partial charge in [-0.15, -0.1) is 0 Å². The van der Waals surface area contributed by atoms with Crippen molar-refractivity contribution in [3.05, 3.63) is 59.4 Å². The fourth-order valence-corrected chi connectivity index (χ4v) is 1.84. The summed E-state index contributed by atoms with van der Waals surface area (Å²) in [7, 11) is 0. The Hall–Kier alpha value is -2.36. The first-order valence-corrected chi connectivity index (χ1v) is 6.10. The van der Waals surface area contributed by atoms with Gasteiger partial charge in [-0.2, -0.15) is 0 Å². The monoisotopic (exact) mass is 257 g/mol. The van der Waals surface area contributed by atoms with Crippen LogP contribution in [-0.2, 0) is 13.0 Å². The molecule has 0 aliphatic carbocycles. The molecule has 0 aliphatic rings. The number of benzene rings is 1. The van der Waals surface area contributed by atoms with Crippen LogP contribution < -0.4 is 4.74 Å². The number of carboxylic acids is 1. The molecule has 0 saturated heterocycles. The van der Waals surface area contributed by atoms with Crippen LogP contribution in [0.2, 0.25) is 0 Å². The van der Waals surface area contributed by atoms with E-state index in [-0.39, 0.29) is 12.3 Å². The fourth-order valence-electron chi connectivity index (χ4n) is 1.84. The van der Waals surface area contributed by atoms with Crippen molar-refractivity contribution < 1.29 is 14.6 Å². The van der Waals surface area contributed by atoms with Gasteiger partial charge < -0.3 is 9.84 Å². The number of pyridine rings is 1. The summed E-state index contributed by atoms with van der Waals surface area (Å²) in [5, 5.41) is 9.05. The zero-order valence-electron chi connectivity index (χ0n) is 10.7. The lowest BCUT2D eigenvalue weighted by molar-refractivity contribution is 0.0687. The number of aromatic carboxylic acids is 1. The van der Waals surface area contributed by atoms with Crippen molar-refractivity contribution >= 4 is 5.97 Å². The smallest absolute Gasteiger partial charge is 0.354 e. The van der Waals surface area contributed by atoms with Crippen LogP contribution in [0.4, 0.5) is 0 Å². The predicted octanol–water partition coefficient (Wildman–Crippen LogP) is 2.92. The molecule has 4 heteroatoms. The van der Waals surface area contributed by atoms with E-state index in [0.29, 0.717) is 5.56 Å². The molecule has 2 aromatic rings. The summed E-state index contributed by atoms with van der Waals surface area (Å²) in [4.78, 5) is 14.9.